The number of aliphatic imine (C=N–C) groups is 1. The number of ether oxygens (including phenoxy) is 1. The summed E-state index contributed by atoms with van der Waals surface area (Å²) in [4.78, 5) is 4.08. The van der Waals surface area contributed by atoms with Gasteiger partial charge >= 0.3 is 6.18 Å². The summed E-state index contributed by atoms with van der Waals surface area (Å²) < 4.78 is 40.2. The number of benzene rings is 1. The molecule has 1 unspecified atom stereocenters. The second-order valence-corrected chi connectivity index (χ2v) is 4.80. The molecule has 0 aliphatic rings. The van der Waals surface area contributed by atoms with Gasteiger partial charge in [0.2, 0.25) is 0 Å². The lowest BCUT2D eigenvalue weighted by Crippen LogP contribution is -2.39. The molecular formula is C15H22F3N3O. The Kier molecular flexibility index (Phi) is 7.73. The van der Waals surface area contributed by atoms with Gasteiger partial charge in [0.25, 0.3) is 0 Å². The molecule has 0 amide bonds. The van der Waals surface area contributed by atoms with Gasteiger partial charge in [0.1, 0.15) is 6.61 Å². The molecule has 4 nitrogen and oxygen atoms in total. The lowest BCUT2D eigenvalue weighted by Gasteiger charge is -2.18. The summed E-state index contributed by atoms with van der Waals surface area (Å²) in [6.45, 7) is 1.34. The Morgan fingerprint density at radius 1 is 1.27 bits per heavy atom. The normalized spacial score (nSPS) is 13.8. The minimum absolute atomic E-state index is 0.0533. The number of hydrogen-bond donors (Lipinski definition) is 2. The first-order valence-corrected chi connectivity index (χ1v) is 7.09. The van der Waals surface area contributed by atoms with Gasteiger partial charge in [0.15, 0.2) is 5.96 Å². The number of halogens is 3. The third-order valence-corrected chi connectivity index (χ3v) is 2.90. The number of nitrogens with one attached hydrogen (secondary N) is 2. The smallest absolute Gasteiger partial charge is 0.372 e. The average molecular weight is 317 g/mol. The second-order valence-electron chi connectivity index (χ2n) is 4.80. The summed E-state index contributed by atoms with van der Waals surface area (Å²) in [6, 6.07) is 9.97. The van der Waals surface area contributed by atoms with Crippen molar-refractivity contribution >= 4 is 5.96 Å². The first kappa shape index (κ1) is 18.3. The topological polar surface area (TPSA) is 45.7 Å². The summed E-state index contributed by atoms with van der Waals surface area (Å²) in [5.41, 5.74) is 1.12. The lowest BCUT2D eigenvalue weighted by atomic mass is 10.1. The maximum Gasteiger partial charge on any atom is 0.411 e. The molecule has 1 aromatic rings. The van der Waals surface area contributed by atoms with E-state index < -0.39 is 12.8 Å². The molecule has 0 bridgehead atoms. The van der Waals surface area contributed by atoms with E-state index in [1.807, 2.05) is 37.3 Å². The van der Waals surface area contributed by atoms with Gasteiger partial charge in [-0.2, -0.15) is 13.2 Å². The summed E-state index contributed by atoms with van der Waals surface area (Å²) >= 11 is 0. The van der Waals surface area contributed by atoms with Crippen molar-refractivity contribution in [2.75, 3.05) is 26.8 Å². The molecule has 0 saturated carbocycles. The highest BCUT2D eigenvalue weighted by atomic mass is 19.4. The average Bonchev–Trinajstić information content (AvgIpc) is 2.49. The minimum atomic E-state index is -4.27. The maximum atomic E-state index is 11.9. The predicted octanol–water partition coefficient (Wildman–Crippen LogP) is 2.88. The van der Waals surface area contributed by atoms with Crippen molar-refractivity contribution in [3.63, 3.8) is 0 Å². The summed E-state index contributed by atoms with van der Waals surface area (Å²) in [7, 11) is 1.65. The van der Waals surface area contributed by atoms with Crippen molar-refractivity contribution in [2.24, 2.45) is 4.99 Å². The van der Waals surface area contributed by atoms with Crippen LogP contribution in [-0.4, -0.2) is 38.9 Å². The van der Waals surface area contributed by atoms with Crippen LogP contribution >= 0.6 is 0 Å². The first-order chi connectivity index (χ1) is 10.4. The second kappa shape index (κ2) is 9.30. The summed E-state index contributed by atoms with van der Waals surface area (Å²) in [5, 5.41) is 6.26. The fourth-order valence-electron chi connectivity index (χ4n) is 1.79. The van der Waals surface area contributed by atoms with Gasteiger partial charge in [0, 0.05) is 20.2 Å². The van der Waals surface area contributed by atoms with Crippen LogP contribution in [0.15, 0.2) is 35.3 Å². The Balaban J connectivity index is 2.23. The minimum Gasteiger partial charge on any atom is -0.372 e. The van der Waals surface area contributed by atoms with Crippen LogP contribution in [0, 0.1) is 0 Å². The molecule has 0 saturated heterocycles. The van der Waals surface area contributed by atoms with Gasteiger partial charge in [-0.1, -0.05) is 30.3 Å². The molecule has 0 radical (unpaired) electrons. The van der Waals surface area contributed by atoms with Crippen LogP contribution in [0.3, 0.4) is 0 Å². The van der Waals surface area contributed by atoms with Crippen LogP contribution in [0.5, 0.6) is 0 Å². The van der Waals surface area contributed by atoms with Crippen LogP contribution < -0.4 is 10.6 Å². The van der Waals surface area contributed by atoms with Crippen molar-refractivity contribution in [1.82, 2.24) is 10.6 Å². The van der Waals surface area contributed by atoms with Crippen molar-refractivity contribution in [3.05, 3.63) is 35.9 Å². The van der Waals surface area contributed by atoms with E-state index in [2.05, 4.69) is 20.4 Å². The zero-order chi connectivity index (χ0) is 16.4. The maximum absolute atomic E-state index is 11.9. The van der Waals surface area contributed by atoms with E-state index >= 15 is 0 Å². The van der Waals surface area contributed by atoms with E-state index in [1.165, 1.54) is 0 Å². The molecule has 0 aromatic heterocycles. The Bertz CT molecular complexity index is 449. The van der Waals surface area contributed by atoms with Gasteiger partial charge in [-0.05, 0) is 18.9 Å². The SMILES string of the molecule is CN=C(NCCCOCC(F)(F)F)NC(C)c1ccccc1. The summed E-state index contributed by atoms with van der Waals surface area (Å²) in [6.07, 6.45) is -3.80. The number of guanidine groups is 1. The van der Waals surface area contributed by atoms with Gasteiger partial charge in [-0.15, -0.1) is 0 Å². The van der Waals surface area contributed by atoms with Gasteiger partial charge < -0.3 is 15.4 Å². The Hall–Kier alpha value is -1.76. The number of nitrogens with zero attached hydrogens (tertiary/aromatic N) is 1. The Morgan fingerprint density at radius 2 is 1.95 bits per heavy atom. The summed E-state index contributed by atoms with van der Waals surface area (Å²) in [5.74, 6) is 0.604. The van der Waals surface area contributed by atoms with E-state index in [0.717, 1.165) is 5.56 Å². The molecule has 1 aromatic carbocycles. The van der Waals surface area contributed by atoms with Crippen molar-refractivity contribution in [2.45, 2.75) is 25.6 Å². The molecule has 0 fully saturated rings. The Morgan fingerprint density at radius 3 is 2.55 bits per heavy atom. The largest absolute Gasteiger partial charge is 0.411 e. The third-order valence-electron chi connectivity index (χ3n) is 2.90. The van der Waals surface area contributed by atoms with Gasteiger partial charge in [-0.3, -0.25) is 4.99 Å². The van der Waals surface area contributed by atoms with Gasteiger partial charge in [0.05, 0.1) is 6.04 Å². The number of rotatable bonds is 7. The van der Waals surface area contributed by atoms with E-state index in [9.17, 15) is 13.2 Å². The van der Waals surface area contributed by atoms with Crippen LogP contribution in [0.1, 0.15) is 24.9 Å². The quantitative estimate of drug-likeness (QED) is 0.462. The van der Waals surface area contributed by atoms with Crippen molar-refractivity contribution in [3.8, 4) is 0 Å². The molecule has 1 atom stereocenters. The lowest BCUT2D eigenvalue weighted by molar-refractivity contribution is -0.173. The fraction of sp³-hybridized carbons (Fsp3) is 0.533. The zero-order valence-electron chi connectivity index (χ0n) is 12.8. The highest BCUT2D eigenvalue weighted by Crippen LogP contribution is 2.14. The molecule has 22 heavy (non-hydrogen) atoms. The van der Waals surface area contributed by atoms with E-state index in [-0.39, 0.29) is 12.6 Å². The van der Waals surface area contributed by atoms with Crippen LogP contribution in [-0.2, 0) is 4.74 Å². The fourth-order valence-corrected chi connectivity index (χ4v) is 1.79. The third kappa shape index (κ3) is 7.87. The van der Waals surface area contributed by atoms with Gasteiger partial charge in [-0.25, -0.2) is 0 Å². The monoisotopic (exact) mass is 317 g/mol. The highest BCUT2D eigenvalue weighted by molar-refractivity contribution is 5.80. The molecule has 2 N–H and O–H groups in total. The molecule has 7 heteroatoms. The molecule has 0 aliphatic carbocycles. The van der Waals surface area contributed by atoms with Crippen LogP contribution in [0.2, 0.25) is 0 Å². The molecule has 124 valence electrons. The van der Waals surface area contributed by atoms with Crippen LogP contribution in [0.4, 0.5) is 13.2 Å². The molecule has 0 spiro atoms. The Labute approximate surface area is 128 Å². The van der Waals surface area contributed by atoms with Crippen molar-refractivity contribution < 1.29 is 17.9 Å². The number of alkyl halides is 3. The standard InChI is InChI=1S/C15H22F3N3O/c1-12(13-7-4-3-5-8-13)21-14(19-2)20-9-6-10-22-11-15(16,17)18/h3-5,7-8,12H,6,9-11H2,1-2H3,(H2,19,20,21). The van der Waals surface area contributed by atoms with E-state index in [1.54, 1.807) is 7.05 Å². The van der Waals surface area contributed by atoms with E-state index in [4.69, 9.17) is 0 Å². The first-order valence-electron chi connectivity index (χ1n) is 7.09. The molecular weight excluding hydrogens is 295 g/mol. The van der Waals surface area contributed by atoms with E-state index in [0.29, 0.717) is 18.9 Å². The predicted molar refractivity (Wildman–Crippen MR) is 80.8 cm³/mol. The molecule has 0 aliphatic heterocycles. The van der Waals surface area contributed by atoms with Crippen molar-refractivity contribution in [1.29, 1.82) is 0 Å². The number of hydrogen-bond acceptors (Lipinski definition) is 2. The molecule has 0 heterocycles. The molecule has 1 rings (SSSR count). The van der Waals surface area contributed by atoms with Crippen LogP contribution in [0.25, 0.3) is 0 Å². The zero-order valence-corrected chi connectivity index (χ0v) is 12.8. The highest BCUT2D eigenvalue weighted by Gasteiger charge is 2.27.